The molecule has 1 aromatic carbocycles. The molecule has 0 bridgehead atoms. The van der Waals surface area contributed by atoms with Crippen molar-refractivity contribution in [3.8, 4) is 10.7 Å². The van der Waals surface area contributed by atoms with Crippen molar-refractivity contribution in [1.82, 2.24) is 19.1 Å². The van der Waals surface area contributed by atoms with Crippen molar-refractivity contribution in [3.63, 3.8) is 0 Å². The smallest absolute Gasteiger partial charge is 0.243 e. The molecule has 0 saturated carbocycles. The molecule has 1 amide bonds. The van der Waals surface area contributed by atoms with Crippen LogP contribution in [0, 0.1) is 0 Å². The fraction of sp³-hybridized carbons (Fsp3) is 0.350. The third kappa shape index (κ3) is 4.84. The molecular formula is C20H23N5O3S3. The molecule has 0 radical (unpaired) electrons. The Hall–Kier alpha value is -2.21. The number of nitrogens with zero attached hydrogens (tertiary/aromatic N) is 4. The third-order valence-electron chi connectivity index (χ3n) is 4.95. The summed E-state index contributed by atoms with van der Waals surface area (Å²) in [5, 5.41) is 14.0. The topological polar surface area (TPSA) is 97.2 Å². The van der Waals surface area contributed by atoms with E-state index in [1.807, 2.05) is 29.0 Å². The number of benzene rings is 1. The van der Waals surface area contributed by atoms with Gasteiger partial charge in [-0.1, -0.05) is 17.8 Å². The summed E-state index contributed by atoms with van der Waals surface area (Å²) in [6.45, 7) is 3.85. The second-order valence-corrected chi connectivity index (χ2v) is 10.8. The predicted molar refractivity (Wildman–Crippen MR) is 123 cm³/mol. The quantitative estimate of drug-likeness (QED) is 0.499. The number of amides is 1. The number of thioether (sulfide) groups is 1. The molecule has 8 nitrogen and oxygen atoms in total. The van der Waals surface area contributed by atoms with E-state index >= 15 is 0 Å². The molecule has 1 saturated heterocycles. The number of carbonyl (C=O) groups is 1. The van der Waals surface area contributed by atoms with Crippen molar-refractivity contribution in [2.24, 2.45) is 0 Å². The molecule has 0 unspecified atom stereocenters. The first-order valence-corrected chi connectivity index (χ1v) is 13.3. The zero-order chi connectivity index (χ0) is 21.8. The van der Waals surface area contributed by atoms with Crippen LogP contribution < -0.4 is 5.32 Å². The molecule has 3 heterocycles. The molecule has 4 rings (SSSR count). The molecule has 0 aliphatic carbocycles. The average Bonchev–Trinajstić information content (AvgIpc) is 3.54. The van der Waals surface area contributed by atoms with Crippen LogP contribution in [-0.2, 0) is 21.4 Å². The number of anilines is 1. The SMILES string of the molecule is CCn1c(SCC(=O)Nc2ccc(S(=O)(=O)N3CCCC3)cc2)nnc1-c1cccs1. The zero-order valence-corrected chi connectivity index (χ0v) is 19.5. The Kier molecular flexibility index (Phi) is 6.75. The number of hydrogen-bond donors (Lipinski definition) is 1. The summed E-state index contributed by atoms with van der Waals surface area (Å²) in [6.07, 6.45) is 1.79. The van der Waals surface area contributed by atoms with Crippen LogP contribution in [0.1, 0.15) is 19.8 Å². The van der Waals surface area contributed by atoms with Crippen LogP contribution in [0.2, 0.25) is 0 Å². The van der Waals surface area contributed by atoms with Gasteiger partial charge in [-0.3, -0.25) is 4.79 Å². The van der Waals surface area contributed by atoms with Crippen LogP contribution in [0.25, 0.3) is 10.7 Å². The highest BCUT2D eigenvalue weighted by Crippen LogP contribution is 2.27. The van der Waals surface area contributed by atoms with Gasteiger partial charge in [-0.25, -0.2) is 8.42 Å². The maximum absolute atomic E-state index is 12.6. The predicted octanol–water partition coefficient (Wildman–Crippen LogP) is 3.54. The lowest BCUT2D eigenvalue weighted by Gasteiger charge is -2.15. The van der Waals surface area contributed by atoms with Crippen molar-refractivity contribution in [2.45, 2.75) is 36.4 Å². The molecule has 1 fully saturated rings. The molecule has 3 aromatic rings. The largest absolute Gasteiger partial charge is 0.325 e. The van der Waals surface area contributed by atoms with E-state index in [0.29, 0.717) is 30.5 Å². The number of aromatic nitrogens is 3. The second-order valence-electron chi connectivity index (χ2n) is 7.00. The number of rotatable bonds is 8. The Morgan fingerprint density at radius 3 is 2.55 bits per heavy atom. The highest BCUT2D eigenvalue weighted by Gasteiger charge is 2.27. The van der Waals surface area contributed by atoms with E-state index in [4.69, 9.17) is 0 Å². The molecule has 164 valence electrons. The van der Waals surface area contributed by atoms with Gasteiger partial charge in [0, 0.05) is 25.3 Å². The number of hydrogen-bond acceptors (Lipinski definition) is 7. The lowest BCUT2D eigenvalue weighted by atomic mass is 10.3. The number of carbonyl (C=O) groups excluding carboxylic acids is 1. The number of thiophene rings is 1. The van der Waals surface area contributed by atoms with Crippen LogP contribution >= 0.6 is 23.1 Å². The molecule has 1 aliphatic heterocycles. The summed E-state index contributed by atoms with van der Waals surface area (Å²) < 4.78 is 28.7. The van der Waals surface area contributed by atoms with Crippen molar-refractivity contribution >= 4 is 44.7 Å². The molecular weight excluding hydrogens is 454 g/mol. The number of nitrogens with one attached hydrogen (secondary N) is 1. The van der Waals surface area contributed by atoms with E-state index < -0.39 is 10.0 Å². The van der Waals surface area contributed by atoms with Gasteiger partial charge in [0.15, 0.2) is 11.0 Å². The Bertz CT molecular complexity index is 1140. The molecule has 0 atom stereocenters. The summed E-state index contributed by atoms with van der Waals surface area (Å²) in [5.41, 5.74) is 0.558. The molecule has 11 heteroatoms. The first-order chi connectivity index (χ1) is 15.0. The first-order valence-electron chi connectivity index (χ1n) is 9.99. The lowest BCUT2D eigenvalue weighted by Crippen LogP contribution is -2.27. The summed E-state index contributed by atoms with van der Waals surface area (Å²) >= 11 is 2.92. The van der Waals surface area contributed by atoms with E-state index in [0.717, 1.165) is 23.5 Å². The van der Waals surface area contributed by atoms with E-state index in [-0.39, 0.29) is 16.6 Å². The normalized spacial score (nSPS) is 14.7. The van der Waals surface area contributed by atoms with Gasteiger partial charge in [0.05, 0.1) is 15.5 Å². The standard InChI is InChI=1S/C20H23N5O3S3/c1-2-25-19(17-6-5-13-29-17)22-23-20(25)30-14-18(26)21-15-7-9-16(10-8-15)31(27,28)24-11-3-4-12-24/h5-10,13H,2-4,11-12,14H2,1H3,(H,21,26). The van der Waals surface area contributed by atoms with Crippen molar-refractivity contribution in [3.05, 3.63) is 41.8 Å². The van der Waals surface area contributed by atoms with Gasteiger partial charge in [0.25, 0.3) is 0 Å². The minimum absolute atomic E-state index is 0.177. The van der Waals surface area contributed by atoms with Crippen molar-refractivity contribution in [1.29, 1.82) is 0 Å². The maximum Gasteiger partial charge on any atom is 0.243 e. The van der Waals surface area contributed by atoms with Gasteiger partial charge >= 0.3 is 0 Å². The Morgan fingerprint density at radius 1 is 1.16 bits per heavy atom. The zero-order valence-electron chi connectivity index (χ0n) is 17.0. The highest BCUT2D eigenvalue weighted by atomic mass is 32.2. The third-order valence-corrected chi connectivity index (χ3v) is 8.69. The molecule has 0 spiro atoms. The molecule has 1 aliphatic rings. The summed E-state index contributed by atoms with van der Waals surface area (Å²) in [6, 6.07) is 10.3. The fourth-order valence-electron chi connectivity index (χ4n) is 3.38. The Labute approximate surface area is 189 Å². The highest BCUT2D eigenvalue weighted by molar-refractivity contribution is 7.99. The Balaban J connectivity index is 1.36. The van der Waals surface area contributed by atoms with Gasteiger partial charge < -0.3 is 9.88 Å². The van der Waals surface area contributed by atoms with Crippen LogP contribution in [-0.4, -0.2) is 52.2 Å². The van der Waals surface area contributed by atoms with Crippen molar-refractivity contribution < 1.29 is 13.2 Å². The lowest BCUT2D eigenvalue weighted by molar-refractivity contribution is -0.113. The van der Waals surface area contributed by atoms with E-state index in [2.05, 4.69) is 15.5 Å². The van der Waals surface area contributed by atoms with E-state index in [9.17, 15) is 13.2 Å². The molecule has 1 N–H and O–H groups in total. The van der Waals surface area contributed by atoms with Gasteiger partial charge in [0.2, 0.25) is 15.9 Å². The maximum atomic E-state index is 12.6. The fourth-order valence-corrected chi connectivity index (χ4v) is 6.42. The molecule has 2 aromatic heterocycles. The van der Waals surface area contributed by atoms with E-state index in [1.54, 1.807) is 23.5 Å². The van der Waals surface area contributed by atoms with Gasteiger partial charge in [-0.15, -0.1) is 21.5 Å². The monoisotopic (exact) mass is 477 g/mol. The first kappa shape index (κ1) is 22.0. The van der Waals surface area contributed by atoms with Crippen LogP contribution in [0.3, 0.4) is 0 Å². The number of sulfonamides is 1. The average molecular weight is 478 g/mol. The summed E-state index contributed by atoms with van der Waals surface area (Å²) in [5.74, 6) is 0.787. The summed E-state index contributed by atoms with van der Waals surface area (Å²) in [7, 11) is -3.45. The summed E-state index contributed by atoms with van der Waals surface area (Å²) in [4.78, 5) is 13.7. The van der Waals surface area contributed by atoms with Crippen molar-refractivity contribution in [2.75, 3.05) is 24.2 Å². The van der Waals surface area contributed by atoms with Crippen LogP contribution in [0.4, 0.5) is 5.69 Å². The van der Waals surface area contributed by atoms with Gasteiger partial charge in [-0.2, -0.15) is 4.31 Å². The minimum atomic E-state index is -3.45. The minimum Gasteiger partial charge on any atom is -0.325 e. The molecule has 31 heavy (non-hydrogen) atoms. The van der Waals surface area contributed by atoms with Gasteiger partial charge in [-0.05, 0) is 55.5 Å². The Morgan fingerprint density at radius 2 is 1.90 bits per heavy atom. The van der Waals surface area contributed by atoms with E-state index in [1.165, 1.54) is 28.2 Å². The van der Waals surface area contributed by atoms with Crippen LogP contribution in [0.15, 0.2) is 51.8 Å². The van der Waals surface area contributed by atoms with Gasteiger partial charge in [0.1, 0.15) is 0 Å². The second kappa shape index (κ2) is 9.51. The van der Waals surface area contributed by atoms with Crippen LogP contribution in [0.5, 0.6) is 0 Å².